The van der Waals surface area contributed by atoms with Crippen LogP contribution in [0, 0.1) is 17.8 Å². The minimum absolute atomic E-state index is 0.184. The zero-order valence-electron chi connectivity index (χ0n) is 16.3. The Morgan fingerprint density at radius 1 is 1.16 bits per heavy atom. The molecule has 4 bridgehead atoms. The van der Waals surface area contributed by atoms with Crippen molar-refractivity contribution < 1.29 is 55.1 Å². The van der Waals surface area contributed by atoms with E-state index in [4.69, 9.17) is 23.5 Å². The number of hydrogen-bond donors (Lipinski definition) is 1. The van der Waals surface area contributed by atoms with Crippen LogP contribution in [0.4, 0.5) is 8.78 Å². The van der Waals surface area contributed by atoms with E-state index >= 15 is 0 Å². The minimum Gasteiger partial charge on any atom is -0.463 e. The molecule has 1 saturated heterocycles. The molecule has 5 fully saturated rings. The van der Waals surface area contributed by atoms with Crippen LogP contribution in [0.5, 0.6) is 0 Å². The molecule has 1 aliphatic heterocycles. The van der Waals surface area contributed by atoms with Crippen molar-refractivity contribution in [3.63, 3.8) is 0 Å². The summed E-state index contributed by atoms with van der Waals surface area (Å²) >= 11 is 0. The van der Waals surface area contributed by atoms with Gasteiger partial charge >= 0.3 is 33.3 Å². The van der Waals surface area contributed by atoms with Gasteiger partial charge in [-0.15, -0.1) is 0 Å². The Morgan fingerprint density at radius 2 is 1.81 bits per heavy atom. The average Bonchev–Trinajstić information content (AvgIpc) is 3.06. The highest BCUT2D eigenvalue weighted by atomic mass is 32.2. The third-order valence-electron chi connectivity index (χ3n) is 6.59. The Labute approximate surface area is 176 Å². The summed E-state index contributed by atoms with van der Waals surface area (Å²) in [6, 6.07) is 0. The highest BCUT2D eigenvalue weighted by Gasteiger charge is 2.60. The first-order chi connectivity index (χ1) is 14.4. The van der Waals surface area contributed by atoms with Crippen molar-refractivity contribution in [2.75, 3.05) is 13.2 Å². The van der Waals surface area contributed by atoms with Crippen molar-refractivity contribution in [1.82, 2.24) is 0 Å². The monoisotopic (exact) mass is 468 g/mol. The molecule has 0 spiro atoms. The first-order valence-corrected chi connectivity index (χ1v) is 11.4. The van der Waals surface area contributed by atoms with Gasteiger partial charge in [0.1, 0.15) is 12.7 Å². The first kappa shape index (κ1) is 22.3. The van der Waals surface area contributed by atoms with Crippen LogP contribution in [-0.4, -0.2) is 67.2 Å². The lowest BCUT2D eigenvalue weighted by atomic mass is 9.53. The van der Waals surface area contributed by atoms with Crippen molar-refractivity contribution in [3.8, 4) is 0 Å². The molecule has 0 aromatic rings. The van der Waals surface area contributed by atoms with Gasteiger partial charge in [-0.3, -0.25) is 4.55 Å². The molecule has 10 nitrogen and oxygen atoms in total. The fraction of sp³-hybridized carbons (Fsp3) is 0.833. The molecule has 13 heteroatoms. The Morgan fingerprint density at radius 3 is 2.35 bits per heavy atom. The number of ether oxygens (including phenoxy) is 4. The van der Waals surface area contributed by atoms with Crippen LogP contribution in [0.1, 0.15) is 38.5 Å². The lowest BCUT2D eigenvalue weighted by molar-refractivity contribution is -0.223. The molecule has 1 N–H and O–H groups in total. The van der Waals surface area contributed by atoms with Gasteiger partial charge in [-0.25, -0.2) is 14.4 Å². The van der Waals surface area contributed by atoms with Gasteiger partial charge in [0.05, 0.1) is 12.2 Å². The van der Waals surface area contributed by atoms with Gasteiger partial charge in [0.15, 0.2) is 0 Å². The van der Waals surface area contributed by atoms with Gasteiger partial charge in [0.25, 0.3) is 0 Å². The Bertz CT molecular complexity index is 872. The van der Waals surface area contributed by atoms with E-state index < -0.39 is 51.1 Å². The smallest absolute Gasteiger partial charge is 0.463 e. The largest absolute Gasteiger partial charge is 0.465 e. The second-order valence-corrected chi connectivity index (χ2v) is 10.2. The lowest BCUT2D eigenvalue weighted by Gasteiger charge is -2.58. The highest BCUT2D eigenvalue weighted by Crippen LogP contribution is 2.58. The van der Waals surface area contributed by atoms with E-state index in [9.17, 15) is 31.6 Å². The third kappa shape index (κ3) is 4.14. The number of carbonyl (C=O) groups excluding carboxylic acids is 3. The normalized spacial score (nSPS) is 36.9. The SMILES string of the molecule is O=C(COC12CC3CC(C1)C(OC(=O)C(F)(F)S(=O)(=O)O)C(C3)C2)OC1CCOC1=O. The summed E-state index contributed by atoms with van der Waals surface area (Å²) in [6.45, 7) is -0.204. The number of hydrogen-bond acceptors (Lipinski definition) is 9. The van der Waals surface area contributed by atoms with Crippen LogP contribution in [-0.2, 0) is 43.4 Å². The molecule has 174 valence electrons. The Balaban J connectivity index is 1.37. The maximum atomic E-state index is 13.6. The van der Waals surface area contributed by atoms with Crippen LogP contribution >= 0.6 is 0 Å². The van der Waals surface area contributed by atoms with E-state index in [-0.39, 0.29) is 37.4 Å². The fourth-order valence-corrected chi connectivity index (χ4v) is 5.82. The summed E-state index contributed by atoms with van der Waals surface area (Å²) in [5.74, 6) is -4.10. The van der Waals surface area contributed by atoms with E-state index in [0.717, 1.165) is 0 Å². The molecule has 0 amide bonds. The van der Waals surface area contributed by atoms with Crippen LogP contribution < -0.4 is 0 Å². The predicted octanol–water partition coefficient (Wildman–Crippen LogP) is 0.833. The van der Waals surface area contributed by atoms with Gasteiger partial charge in [-0.05, 0) is 49.9 Å². The number of alkyl halides is 2. The van der Waals surface area contributed by atoms with Gasteiger partial charge in [-0.2, -0.15) is 17.2 Å². The summed E-state index contributed by atoms with van der Waals surface area (Å²) < 4.78 is 77.9. The van der Waals surface area contributed by atoms with Crippen LogP contribution in [0.2, 0.25) is 0 Å². The van der Waals surface area contributed by atoms with E-state index in [0.29, 0.717) is 32.1 Å². The molecule has 5 aliphatic rings. The minimum atomic E-state index is -5.94. The lowest BCUT2D eigenvalue weighted by Crippen LogP contribution is -2.60. The summed E-state index contributed by atoms with van der Waals surface area (Å²) in [7, 11) is -5.94. The molecule has 1 heterocycles. The average molecular weight is 468 g/mol. The second-order valence-electron chi connectivity index (χ2n) is 8.74. The Kier molecular flexibility index (Phi) is 5.49. The van der Waals surface area contributed by atoms with Crippen LogP contribution in [0.15, 0.2) is 0 Å². The zero-order valence-corrected chi connectivity index (χ0v) is 17.1. The van der Waals surface area contributed by atoms with Crippen LogP contribution in [0.3, 0.4) is 0 Å². The Hall–Kier alpha value is -1.86. The number of rotatable bonds is 7. The quantitative estimate of drug-likeness (QED) is 0.324. The molecule has 4 saturated carbocycles. The second kappa shape index (κ2) is 7.62. The molecule has 5 rings (SSSR count). The highest BCUT2D eigenvalue weighted by molar-refractivity contribution is 7.87. The maximum Gasteiger partial charge on any atom is 0.465 e. The van der Waals surface area contributed by atoms with Gasteiger partial charge < -0.3 is 18.9 Å². The summed E-state index contributed by atoms with van der Waals surface area (Å²) in [6.07, 6.45) is 0.936. The molecule has 31 heavy (non-hydrogen) atoms. The summed E-state index contributed by atoms with van der Waals surface area (Å²) in [4.78, 5) is 35.2. The van der Waals surface area contributed by atoms with Gasteiger partial charge in [0, 0.05) is 6.42 Å². The fourth-order valence-electron chi connectivity index (χ4n) is 5.56. The molecule has 4 aliphatic carbocycles. The molecule has 0 radical (unpaired) electrons. The topological polar surface area (TPSA) is 143 Å². The number of carbonyl (C=O) groups is 3. The van der Waals surface area contributed by atoms with E-state index in [2.05, 4.69) is 0 Å². The van der Waals surface area contributed by atoms with E-state index in [1.807, 2.05) is 0 Å². The van der Waals surface area contributed by atoms with Crippen LogP contribution in [0.25, 0.3) is 0 Å². The van der Waals surface area contributed by atoms with Crippen molar-refractivity contribution in [2.24, 2.45) is 17.8 Å². The predicted molar refractivity (Wildman–Crippen MR) is 94.1 cm³/mol. The molecule has 0 aromatic heterocycles. The maximum absolute atomic E-state index is 13.6. The standard InChI is InChI=1S/C18H22F2O10S/c19-18(20,31(24,25)26)16(23)30-14-10-3-9-4-11(14)7-17(5-9,6-10)28-8-13(21)29-12-1-2-27-15(12)22/h9-12,14H,1-8H2,(H,24,25,26). The first-order valence-electron chi connectivity index (χ1n) is 9.96. The van der Waals surface area contributed by atoms with E-state index in [1.165, 1.54) is 0 Å². The molecule has 3 atom stereocenters. The van der Waals surface area contributed by atoms with Gasteiger partial charge in [0.2, 0.25) is 6.10 Å². The van der Waals surface area contributed by atoms with Crippen molar-refractivity contribution >= 4 is 28.0 Å². The summed E-state index contributed by atoms with van der Waals surface area (Å²) in [5, 5.41) is -5.04. The van der Waals surface area contributed by atoms with Crippen molar-refractivity contribution in [2.45, 2.75) is 61.6 Å². The molecular weight excluding hydrogens is 446 g/mol. The molecule has 3 unspecified atom stereocenters. The third-order valence-corrected chi connectivity index (χ3v) is 7.41. The molecular formula is C18H22F2O10S. The molecule has 0 aromatic carbocycles. The van der Waals surface area contributed by atoms with Crippen molar-refractivity contribution in [1.29, 1.82) is 0 Å². The summed E-state index contributed by atoms with van der Waals surface area (Å²) in [5.41, 5.74) is -0.708. The van der Waals surface area contributed by atoms with Gasteiger partial charge in [-0.1, -0.05) is 0 Å². The number of cyclic esters (lactones) is 1. The zero-order chi connectivity index (χ0) is 22.6. The van der Waals surface area contributed by atoms with E-state index in [1.54, 1.807) is 0 Å². The van der Waals surface area contributed by atoms with Crippen molar-refractivity contribution in [3.05, 3.63) is 0 Å². The number of halogens is 2. The number of esters is 3.